The van der Waals surface area contributed by atoms with E-state index in [-0.39, 0.29) is 26.2 Å². The van der Waals surface area contributed by atoms with E-state index in [4.69, 9.17) is 20.4 Å². The standard InChI is InChI=1S/C4H6O6.Bi.3H/c5-2(6)1-4(9,10)3(7)8;;;;/h9-10H,1H2,(H,5,6)(H,7,8);;;;. The Balaban J connectivity index is 0. The van der Waals surface area contributed by atoms with Gasteiger partial charge in [0.1, 0.15) is 6.42 Å². The molecule has 0 saturated carbocycles. The molecule has 0 unspecified atom stereocenters. The molecule has 0 rings (SSSR count). The fourth-order valence-electron chi connectivity index (χ4n) is 0.286. The molecule has 0 aliphatic heterocycles. The number of aliphatic carboxylic acids is 2. The molecule has 6 nitrogen and oxygen atoms in total. The van der Waals surface area contributed by atoms with E-state index in [1.807, 2.05) is 0 Å². The molecule has 0 bridgehead atoms. The summed E-state index contributed by atoms with van der Waals surface area (Å²) in [5, 5.41) is 32.5. The van der Waals surface area contributed by atoms with Crippen LogP contribution < -0.4 is 0 Å². The van der Waals surface area contributed by atoms with Gasteiger partial charge in [-0.1, -0.05) is 0 Å². The van der Waals surface area contributed by atoms with Crippen LogP contribution >= 0.6 is 0 Å². The molecule has 0 radical (unpaired) electrons. The summed E-state index contributed by atoms with van der Waals surface area (Å²) >= 11 is 0. The number of carboxylic acids is 2. The first-order valence-corrected chi connectivity index (χ1v) is 2.26. The molecule has 7 heteroatoms. The molecule has 0 aliphatic carbocycles. The summed E-state index contributed by atoms with van der Waals surface area (Å²) in [7, 11) is 0. The second-order valence-electron chi connectivity index (χ2n) is 1.69. The van der Waals surface area contributed by atoms with Crippen LogP contribution in [0.3, 0.4) is 0 Å². The fourth-order valence-corrected chi connectivity index (χ4v) is 0.286. The Kier molecular flexibility index (Phi) is 5.56. The first-order chi connectivity index (χ1) is 4.36. The number of hydrogen-bond donors (Lipinski definition) is 4. The van der Waals surface area contributed by atoms with Gasteiger partial charge in [-0.2, -0.15) is 0 Å². The molecular formula is C4H9BiO6. The predicted molar refractivity (Wildman–Crippen MR) is 37.0 cm³/mol. The third kappa shape index (κ3) is 5.06. The molecule has 66 valence electrons. The van der Waals surface area contributed by atoms with Crippen LogP contribution in [-0.4, -0.2) is 64.4 Å². The zero-order chi connectivity index (χ0) is 8.36. The SMILES string of the molecule is O=C(O)CC(O)(O)C(=O)O.[BiH3]. The van der Waals surface area contributed by atoms with Crippen molar-refractivity contribution in [1.82, 2.24) is 0 Å². The Bertz CT molecular complexity index is 164. The van der Waals surface area contributed by atoms with E-state index >= 15 is 0 Å². The third-order valence-electron chi connectivity index (χ3n) is 0.740. The molecule has 0 aromatic carbocycles. The zero-order valence-corrected chi connectivity index (χ0v) is 11.0. The molecule has 0 heterocycles. The van der Waals surface area contributed by atoms with Gasteiger partial charge in [-0.3, -0.25) is 4.79 Å². The Hall–Kier alpha value is -0.257. The van der Waals surface area contributed by atoms with Crippen molar-refractivity contribution >= 4 is 38.1 Å². The van der Waals surface area contributed by atoms with Crippen molar-refractivity contribution in [1.29, 1.82) is 0 Å². The average molecular weight is 362 g/mol. The molecule has 0 aromatic rings. The normalized spacial score (nSPS) is 10.0. The average Bonchev–Trinajstić information content (AvgIpc) is 1.60. The maximum atomic E-state index is 9.79. The van der Waals surface area contributed by atoms with E-state index < -0.39 is 24.1 Å². The van der Waals surface area contributed by atoms with Crippen molar-refractivity contribution in [3.05, 3.63) is 0 Å². The van der Waals surface area contributed by atoms with Crippen LogP contribution in [0, 0.1) is 0 Å². The van der Waals surface area contributed by atoms with Gasteiger partial charge in [0, 0.05) is 0 Å². The van der Waals surface area contributed by atoms with Crippen molar-refractivity contribution in [3.8, 4) is 0 Å². The van der Waals surface area contributed by atoms with Crippen LogP contribution in [0.2, 0.25) is 0 Å². The zero-order valence-electron chi connectivity index (χ0n) is 5.52. The quantitative estimate of drug-likeness (QED) is 0.315. The van der Waals surface area contributed by atoms with Crippen LogP contribution in [0.5, 0.6) is 0 Å². The summed E-state index contributed by atoms with van der Waals surface area (Å²) in [5.74, 6) is -6.73. The van der Waals surface area contributed by atoms with Gasteiger partial charge < -0.3 is 20.4 Å². The minimum absolute atomic E-state index is 0. The molecule has 11 heavy (non-hydrogen) atoms. The van der Waals surface area contributed by atoms with E-state index in [0.717, 1.165) is 0 Å². The van der Waals surface area contributed by atoms with E-state index in [1.54, 1.807) is 0 Å². The Labute approximate surface area is 80.6 Å². The summed E-state index contributed by atoms with van der Waals surface area (Å²) in [6, 6.07) is 0. The molecule has 0 aromatic heterocycles. The van der Waals surface area contributed by atoms with Crippen molar-refractivity contribution < 1.29 is 30.0 Å². The van der Waals surface area contributed by atoms with Crippen molar-refractivity contribution in [3.63, 3.8) is 0 Å². The summed E-state index contributed by atoms with van der Waals surface area (Å²) in [6.07, 6.45) is -1.23. The fraction of sp³-hybridized carbons (Fsp3) is 0.500. The van der Waals surface area contributed by atoms with Gasteiger partial charge in [0.15, 0.2) is 0 Å². The second kappa shape index (κ2) is 4.59. The summed E-state index contributed by atoms with van der Waals surface area (Å²) in [5.41, 5.74) is 0. The van der Waals surface area contributed by atoms with Crippen LogP contribution in [0.25, 0.3) is 0 Å². The van der Waals surface area contributed by atoms with E-state index in [2.05, 4.69) is 0 Å². The molecular weight excluding hydrogens is 353 g/mol. The summed E-state index contributed by atoms with van der Waals surface area (Å²) < 4.78 is 0. The van der Waals surface area contributed by atoms with Gasteiger partial charge in [-0.05, 0) is 0 Å². The van der Waals surface area contributed by atoms with Gasteiger partial charge >= 0.3 is 38.1 Å². The summed E-state index contributed by atoms with van der Waals surface area (Å²) in [6.45, 7) is 0. The first-order valence-electron chi connectivity index (χ1n) is 2.26. The van der Waals surface area contributed by atoms with Crippen LogP contribution in [0.4, 0.5) is 0 Å². The monoisotopic (exact) mass is 362 g/mol. The first kappa shape index (κ1) is 13.3. The van der Waals surface area contributed by atoms with Gasteiger partial charge in [0.05, 0.1) is 0 Å². The van der Waals surface area contributed by atoms with Crippen LogP contribution in [-0.2, 0) is 9.59 Å². The van der Waals surface area contributed by atoms with Crippen molar-refractivity contribution in [2.75, 3.05) is 0 Å². The topological polar surface area (TPSA) is 115 Å². The number of aliphatic hydroxyl groups is 2. The molecule has 0 fully saturated rings. The second-order valence-corrected chi connectivity index (χ2v) is 1.69. The maximum absolute atomic E-state index is 9.79. The number of carboxylic acid groups (broad SMARTS) is 2. The van der Waals surface area contributed by atoms with Crippen LogP contribution in [0.15, 0.2) is 0 Å². The molecule has 4 N–H and O–H groups in total. The van der Waals surface area contributed by atoms with E-state index in [0.29, 0.717) is 0 Å². The number of carbonyl (C=O) groups is 2. The van der Waals surface area contributed by atoms with Gasteiger partial charge in [-0.25, -0.2) is 4.79 Å². The Morgan fingerprint density at radius 3 is 1.64 bits per heavy atom. The molecule has 0 atom stereocenters. The molecule has 0 amide bonds. The van der Waals surface area contributed by atoms with Gasteiger partial charge in [-0.15, -0.1) is 0 Å². The number of rotatable bonds is 3. The number of hydrogen-bond acceptors (Lipinski definition) is 4. The predicted octanol–water partition coefficient (Wildman–Crippen LogP) is -2.96. The van der Waals surface area contributed by atoms with E-state index in [9.17, 15) is 9.59 Å². The van der Waals surface area contributed by atoms with Crippen molar-refractivity contribution in [2.24, 2.45) is 0 Å². The van der Waals surface area contributed by atoms with Crippen molar-refractivity contribution in [2.45, 2.75) is 12.2 Å². The Morgan fingerprint density at radius 2 is 1.55 bits per heavy atom. The summed E-state index contributed by atoms with van der Waals surface area (Å²) in [4.78, 5) is 19.5. The van der Waals surface area contributed by atoms with E-state index in [1.165, 1.54) is 0 Å². The van der Waals surface area contributed by atoms with Crippen LogP contribution in [0.1, 0.15) is 6.42 Å². The minimum atomic E-state index is -3.16. The Morgan fingerprint density at radius 1 is 1.18 bits per heavy atom. The third-order valence-corrected chi connectivity index (χ3v) is 0.740. The molecule has 0 aliphatic rings. The molecule has 0 saturated heterocycles. The molecule has 0 spiro atoms. The van der Waals surface area contributed by atoms with Gasteiger partial charge in [0.2, 0.25) is 0 Å². The van der Waals surface area contributed by atoms with Gasteiger partial charge in [0.25, 0.3) is 5.79 Å².